The van der Waals surface area contributed by atoms with E-state index in [0.717, 1.165) is 23.2 Å². The molecule has 0 saturated heterocycles. The molecule has 0 atom stereocenters. The van der Waals surface area contributed by atoms with E-state index in [1.807, 2.05) is 18.2 Å². The van der Waals surface area contributed by atoms with Gasteiger partial charge in [0.1, 0.15) is 5.82 Å². The Balaban J connectivity index is 1.66. The normalized spacial score (nSPS) is 14.4. The van der Waals surface area contributed by atoms with Crippen molar-refractivity contribution in [3.05, 3.63) is 77.2 Å². The lowest BCUT2D eigenvalue weighted by Gasteiger charge is -2.09. The zero-order valence-corrected chi connectivity index (χ0v) is 12.4. The number of pyridine rings is 1. The summed E-state index contributed by atoms with van der Waals surface area (Å²) in [7, 11) is 0. The molecule has 0 N–H and O–H groups in total. The van der Waals surface area contributed by atoms with Crippen molar-refractivity contribution in [3.8, 4) is 0 Å². The van der Waals surface area contributed by atoms with E-state index in [4.69, 9.17) is 4.98 Å². The molecule has 0 unspecified atom stereocenters. The first kappa shape index (κ1) is 13.4. The Bertz CT molecular complexity index is 821. The van der Waals surface area contributed by atoms with Crippen molar-refractivity contribution in [1.29, 1.82) is 0 Å². The first-order valence-corrected chi connectivity index (χ1v) is 7.93. The number of fused-ring (bicyclic) bond motifs is 1. The molecular weight excluding hydrogens is 273 g/mol. The molecule has 0 aliphatic heterocycles. The van der Waals surface area contributed by atoms with E-state index in [1.165, 1.54) is 29.9 Å². The third kappa shape index (κ3) is 2.61. The van der Waals surface area contributed by atoms with Gasteiger partial charge in [0.05, 0.1) is 5.52 Å². The molecule has 0 amide bonds. The third-order valence-electron chi connectivity index (χ3n) is 4.43. The second-order valence-corrected chi connectivity index (χ2v) is 6.09. The molecule has 1 nitrogen and oxygen atoms in total. The fraction of sp³-hybridized carbons (Fsp3) is 0.250. The van der Waals surface area contributed by atoms with E-state index in [1.54, 1.807) is 6.07 Å². The standard InChI is InChI=1S/C20H18FN/c21-19-7-3-1-5-15(19)11-12-16-13-18(14-9-10-14)17-6-2-4-8-20(17)22-16/h1-8,13-14H,9-12H2. The van der Waals surface area contributed by atoms with Gasteiger partial charge < -0.3 is 0 Å². The Kier molecular flexibility index (Phi) is 3.38. The Morgan fingerprint density at radius 2 is 1.73 bits per heavy atom. The van der Waals surface area contributed by atoms with Gasteiger partial charge in [-0.25, -0.2) is 4.39 Å². The first-order valence-electron chi connectivity index (χ1n) is 7.93. The molecular formula is C20H18FN. The predicted molar refractivity (Wildman–Crippen MR) is 87.5 cm³/mol. The molecule has 1 saturated carbocycles. The summed E-state index contributed by atoms with van der Waals surface area (Å²) in [6.45, 7) is 0. The average Bonchev–Trinajstić information content (AvgIpc) is 3.38. The van der Waals surface area contributed by atoms with Crippen molar-refractivity contribution in [1.82, 2.24) is 4.98 Å². The number of hydrogen-bond acceptors (Lipinski definition) is 1. The zero-order chi connectivity index (χ0) is 14.9. The summed E-state index contributed by atoms with van der Waals surface area (Å²) < 4.78 is 13.7. The smallest absolute Gasteiger partial charge is 0.126 e. The molecule has 110 valence electrons. The maximum absolute atomic E-state index is 13.7. The van der Waals surface area contributed by atoms with Crippen LogP contribution in [0, 0.1) is 5.82 Å². The number of rotatable bonds is 4. The first-order chi connectivity index (χ1) is 10.8. The Morgan fingerprint density at radius 3 is 2.55 bits per heavy atom. The SMILES string of the molecule is Fc1ccccc1CCc1cc(C2CC2)c2ccccc2n1. The molecule has 3 aromatic rings. The highest BCUT2D eigenvalue weighted by atomic mass is 19.1. The minimum Gasteiger partial charge on any atom is -0.253 e. The van der Waals surface area contributed by atoms with Gasteiger partial charge in [0, 0.05) is 11.1 Å². The van der Waals surface area contributed by atoms with Crippen molar-refractivity contribution < 1.29 is 4.39 Å². The van der Waals surface area contributed by atoms with Gasteiger partial charge in [-0.1, -0.05) is 36.4 Å². The van der Waals surface area contributed by atoms with Gasteiger partial charge in [-0.2, -0.15) is 0 Å². The summed E-state index contributed by atoms with van der Waals surface area (Å²) >= 11 is 0. The van der Waals surface area contributed by atoms with Crippen LogP contribution in [0.1, 0.15) is 35.6 Å². The van der Waals surface area contributed by atoms with Gasteiger partial charge in [0.2, 0.25) is 0 Å². The summed E-state index contributed by atoms with van der Waals surface area (Å²) in [4.78, 5) is 4.77. The second kappa shape index (κ2) is 5.53. The van der Waals surface area contributed by atoms with Gasteiger partial charge in [-0.15, -0.1) is 0 Å². The van der Waals surface area contributed by atoms with E-state index in [0.29, 0.717) is 12.3 Å². The summed E-state index contributed by atoms with van der Waals surface area (Å²) in [5.74, 6) is 0.575. The summed E-state index contributed by atoms with van der Waals surface area (Å²) in [5, 5.41) is 1.28. The molecule has 1 aromatic heterocycles. The zero-order valence-electron chi connectivity index (χ0n) is 12.4. The highest BCUT2D eigenvalue weighted by Gasteiger charge is 2.26. The Hall–Kier alpha value is -2.22. The summed E-state index contributed by atoms with van der Waals surface area (Å²) in [5.41, 5.74) is 4.33. The molecule has 1 fully saturated rings. The van der Waals surface area contributed by atoms with Crippen molar-refractivity contribution in [3.63, 3.8) is 0 Å². The highest BCUT2D eigenvalue weighted by Crippen LogP contribution is 2.43. The van der Waals surface area contributed by atoms with Crippen LogP contribution < -0.4 is 0 Å². The van der Waals surface area contributed by atoms with Crippen molar-refractivity contribution in [2.24, 2.45) is 0 Å². The lowest BCUT2D eigenvalue weighted by molar-refractivity contribution is 0.608. The van der Waals surface area contributed by atoms with Crippen LogP contribution in [0.4, 0.5) is 4.39 Å². The fourth-order valence-corrected chi connectivity index (χ4v) is 3.08. The van der Waals surface area contributed by atoms with Gasteiger partial charge in [-0.3, -0.25) is 4.98 Å². The topological polar surface area (TPSA) is 12.9 Å². The minimum atomic E-state index is -0.120. The fourth-order valence-electron chi connectivity index (χ4n) is 3.08. The van der Waals surface area contributed by atoms with Crippen LogP contribution in [-0.4, -0.2) is 4.98 Å². The number of aromatic nitrogens is 1. The highest BCUT2D eigenvalue weighted by molar-refractivity contribution is 5.83. The molecule has 22 heavy (non-hydrogen) atoms. The summed E-state index contributed by atoms with van der Waals surface area (Å²) in [6.07, 6.45) is 4.04. The van der Waals surface area contributed by atoms with E-state index >= 15 is 0 Å². The summed E-state index contributed by atoms with van der Waals surface area (Å²) in [6, 6.07) is 17.6. The molecule has 2 aromatic carbocycles. The monoisotopic (exact) mass is 291 g/mol. The predicted octanol–water partition coefficient (Wildman–Crippen LogP) is 5.04. The molecule has 4 rings (SSSR count). The van der Waals surface area contributed by atoms with Crippen LogP contribution >= 0.6 is 0 Å². The largest absolute Gasteiger partial charge is 0.253 e. The third-order valence-corrected chi connectivity index (χ3v) is 4.43. The van der Waals surface area contributed by atoms with E-state index in [-0.39, 0.29) is 5.82 Å². The molecule has 1 aliphatic carbocycles. The van der Waals surface area contributed by atoms with Crippen molar-refractivity contribution >= 4 is 10.9 Å². The Labute approximate surface area is 129 Å². The number of para-hydroxylation sites is 1. The van der Waals surface area contributed by atoms with Gasteiger partial charge in [0.25, 0.3) is 0 Å². The van der Waals surface area contributed by atoms with Crippen molar-refractivity contribution in [2.75, 3.05) is 0 Å². The number of halogens is 1. The van der Waals surface area contributed by atoms with Crippen LogP contribution in [-0.2, 0) is 12.8 Å². The molecule has 1 heterocycles. The average molecular weight is 291 g/mol. The number of benzene rings is 2. The number of hydrogen-bond donors (Lipinski definition) is 0. The van der Waals surface area contributed by atoms with Gasteiger partial charge in [-0.05, 0) is 60.9 Å². The van der Waals surface area contributed by atoms with Crippen LogP contribution in [0.25, 0.3) is 10.9 Å². The van der Waals surface area contributed by atoms with E-state index in [9.17, 15) is 4.39 Å². The number of aryl methyl sites for hydroxylation is 2. The maximum Gasteiger partial charge on any atom is 0.126 e. The second-order valence-electron chi connectivity index (χ2n) is 6.09. The van der Waals surface area contributed by atoms with Crippen LogP contribution in [0.15, 0.2) is 54.6 Å². The minimum absolute atomic E-state index is 0.120. The van der Waals surface area contributed by atoms with Gasteiger partial charge in [0.15, 0.2) is 0 Å². The lowest BCUT2D eigenvalue weighted by atomic mass is 10.0. The van der Waals surface area contributed by atoms with Crippen LogP contribution in [0.3, 0.4) is 0 Å². The molecule has 0 bridgehead atoms. The van der Waals surface area contributed by atoms with E-state index in [2.05, 4.69) is 24.3 Å². The quantitative estimate of drug-likeness (QED) is 0.656. The maximum atomic E-state index is 13.7. The van der Waals surface area contributed by atoms with Crippen LogP contribution in [0.5, 0.6) is 0 Å². The van der Waals surface area contributed by atoms with Crippen LogP contribution in [0.2, 0.25) is 0 Å². The molecule has 0 spiro atoms. The molecule has 2 heteroatoms. The molecule has 1 aliphatic rings. The molecule has 0 radical (unpaired) electrons. The van der Waals surface area contributed by atoms with E-state index < -0.39 is 0 Å². The van der Waals surface area contributed by atoms with Gasteiger partial charge >= 0.3 is 0 Å². The van der Waals surface area contributed by atoms with Crippen molar-refractivity contribution in [2.45, 2.75) is 31.6 Å². The number of nitrogens with zero attached hydrogens (tertiary/aromatic N) is 1. The lowest BCUT2D eigenvalue weighted by Crippen LogP contribution is -1.99. The Morgan fingerprint density at radius 1 is 0.955 bits per heavy atom.